The number of thiocarbonyl (C=S) groups is 1. The average molecular weight is 397 g/mol. The van der Waals surface area contributed by atoms with Crippen LogP contribution in [0.2, 0.25) is 0 Å². The topological polar surface area (TPSA) is 55.1 Å². The van der Waals surface area contributed by atoms with Crippen LogP contribution in [0.1, 0.15) is 15.2 Å². The molecule has 0 fully saturated rings. The Labute approximate surface area is 142 Å². The minimum Gasteiger partial charge on any atom is -0.389 e. The van der Waals surface area contributed by atoms with Gasteiger partial charge in [-0.1, -0.05) is 28.1 Å². The molecular formula is C14H9BrN2OS3. The van der Waals surface area contributed by atoms with Crippen LogP contribution in [0, 0.1) is 0 Å². The monoisotopic (exact) mass is 396 g/mol. The smallest absolute Gasteiger partial charge is 0.265 e. The Balaban J connectivity index is 1.92. The summed E-state index contributed by atoms with van der Waals surface area (Å²) in [5.41, 5.74) is 6.96. The molecule has 0 unspecified atom stereocenters. The molecule has 3 nitrogen and oxygen atoms in total. The Morgan fingerprint density at radius 2 is 2.05 bits per heavy atom. The third kappa shape index (κ3) is 3.01. The zero-order valence-corrected chi connectivity index (χ0v) is 14.6. The number of carbonyl (C=O) groups excluding carboxylic acids is 1. The second kappa shape index (κ2) is 5.84. The maximum Gasteiger partial charge on any atom is 0.265 e. The molecule has 1 aromatic carbocycles. The van der Waals surface area contributed by atoms with E-state index in [9.17, 15) is 4.79 Å². The second-order valence-corrected chi connectivity index (χ2v) is 7.66. The van der Waals surface area contributed by atoms with Crippen molar-refractivity contribution in [1.29, 1.82) is 0 Å². The van der Waals surface area contributed by atoms with Gasteiger partial charge in [-0.3, -0.25) is 4.79 Å². The Kier molecular flexibility index (Phi) is 4.08. The number of benzene rings is 1. The number of anilines is 1. The third-order valence-electron chi connectivity index (χ3n) is 2.86. The van der Waals surface area contributed by atoms with E-state index in [2.05, 4.69) is 21.2 Å². The van der Waals surface area contributed by atoms with E-state index in [4.69, 9.17) is 18.0 Å². The van der Waals surface area contributed by atoms with Crippen molar-refractivity contribution in [2.75, 3.05) is 5.32 Å². The molecule has 1 amide bonds. The first-order valence-electron chi connectivity index (χ1n) is 5.92. The molecule has 3 aromatic rings. The van der Waals surface area contributed by atoms with E-state index in [0.29, 0.717) is 16.1 Å². The summed E-state index contributed by atoms with van der Waals surface area (Å²) in [7, 11) is 0. The molecule has 21 heavy (non-hydrogen) atoms. The maximum absolute atomic E-state index is 12.4. The van der Waals surface area contributed by atoms with Gasteiger partial charge in [-0.2, -0.15) is 0 Å². The van der Waals surface area contributed by atoms with Crippen LogP contribution in [0.3, 0.4) is 0 Å². The number of carbonyl (C=O) groups is 1. The van der Waals surface area contributed by atoms with Gasteiger partial charge in [-0.05, 0) is 35.7 Å². The number of thiophene rings is 2. The Morgan fingerprint density at radius 3 is 2.76 bits per heavy atom. The van der Waals surface area contributed by atoms with Gasteiger partial charge in [0.2, 0.25) is 0 Å². The number of rotatable bonds is 3. The quantitative estimate of drug-likeness (QED) is 0.635. The fourth-order valence-electron chi connectivity index (χ4n) is 1.90. The summed E-state index contributed by atoms with van der Waals surface area (Å²) in [5.74, 6) is -0.154. The molecule has 0 aliphatic rings. The fourth-order valence-corrected chi connectivity index (χ4v) is 4.44. The number of nitrogens with two attached hydrogens (primary N) is 1. The van der Waals surface area contributed by atoms with Gasteiger partial charge in [0.1, 0.15) is 4.99 Å². The van der Waals surface area contributed by atoms with Gasteiger partial charge in [-0.25, -0.2) is 0 Å². The first-order chi connectivity index (χ1) is 10.0. The van der Waals surface area contributed by atoms with Crippen molar-refractivity contribution in [3.05, 3.63) is 50.6 Å². The summed E-state index contributed by atoms with van der Waals surface area (Å²) in [6, 6.07) is 9.34. The van der Waals surface area contributed by atoms with Crippen molar-refractivity contribution in [3.8, 4) is 0 Å². The number of halogens is 1. The maximum atomic E-state index is 12.4. The molecular weight excluding hydrogens is 388 g/mol. The highest BCUT2D eigenvalue weighted by atomic mass is 79.9. The number of nitrogens with one attached hydrogen (secondary N) is 1. The molecule has 3 rings (SSSR count). The summed E-state index contributed by atoms with van der Waals surface area (Å²) in [5, 5.41) is 4.89. The highest BCUT2D eigenvalue weighted by Gasteiger charge is 2.14. The Hall–Kier alpha value is -1.28. The molecule has 0 atom stereocenters. The number of amides is 1. The summed E-state index contributed by atoms with van der Waals surface area (Å²) in [4.78, 5) is 13.3. The van der Waals surface area contributed by atoms with Crippen molar-refractivity contribution in [3.63, 3.8) is 0 Å². The van der Waals surface area contributed by atoms with Crippen LogP contribution in [0.25, 0.3) is 9.40 Å². The van der Waals surface area contributed by atoms with Gasteiger partial charge in [-0.15, -0.1) is 22.7 Å². The van der Waals surface area contributed by atoms with E-state index in [1.807, 2.05) is 23.6 Å². The zero-order valence-electron chi connectivity index (χ0n) is 10.6. The van der Waals surface area contributed by atoms with E-state index in [0.717, 1.165) is 13.9 Å². The minimum atomic E-state index is -0.154. The first-order valence-corrected chi connectivity index (χ1v) is 8.82. The molecule has 0 radical (unpaired) electrons. The standard InChI is InChI=1S/C14H9BrN2OS3/c15-7-1-2-8(13(16)19)9(5-7)17-14(18)12-6-11-10(21-12)3-4-20-11/h1-6H,(H2,16,19)(H,17,18). The van der Waals surface area contributed by atoms with E-state index in [1.54, 1.807) is 23.5 Å². The van der Waals surface area contributed by atoms with Gasteiger partial charge in [0.15, 0.2) is 0 Å². The van der Waals surface area contributed by atoms with Gasteiger partial charge >= 0.3 is 0 Å². The van der Waals surface area contributed by atoms with Gasteiger partial charge in [0.25, 0.3) is 5.91 Å². The van der Waals surface area contributed by atoms with Crippen molar-refractivity contribution < 1.29 is 4.79 Å². The summed E-state index contributed by atoms with van der Waals surface area (Å²) < 4.78 is 3.09. The van der Waals surface area contributed by atoms with Gasteiger partial charge in [0.05, 0.1) is 10.6 Å². The predicted octanol–water partition coefficient (Wildman–Crippen LogP) is 4.61. The van der Waals surface area contributed by atoms with Gasteiger partial charge < -0.3 is 11.1 Å². The fraction of sp³-hybridized carbons (Fsp3) is 0. The summed E-state index contributed by atoms with van der Waals surface area (Å²) in [6.07, 6.45) is 0. The molecule has 0 saturated carbocycles. The normalized spacial score (nSPS) is 10.7. The van der Waals surface area contributed by atoms with E-state index in [1.165, 1.54) is 11.3 Å². The van der Waals surface area contributed by atoms with Crippen LogP contribution in [0.5, 0.6) is 0 Å². The van der Waals surface area contributed by atoms with E-state index >= 15 is 0 Å². The van der Waals surface area contributed by atoms with E-state index in [-0.39, 0.29) is 10.9 Å². The third-order valence-corrected chi connectivity index (χ3v) is 5.66. The molecule has 0 saturated heterocycles. The number of fused-ring (bicyclic) bond motifs is 1. The molecule has 2 aromatic heterocycles. The number of hydrogen-bond acceptors (Lipinski definition) is 4. The van der Waals surface area contributed by atoms with Crippen LogP contribution in [0.4, 0.5) is 5.69 Å². The summed E-state index contributed by atoms with van der Waals surface area (Å²) in [6.45, 7) is 0. The second-order valence-electron chi connectivity index (χ2n) is 4.27. The number of hydrogen-bond donors (Lipinski definition) is 2. The molecule has 106 valence electrons. The lowest BCUT2D eigenvalue weighted by molar-refractivity contribution is 0.103. The highest BCUT2D eigenvalue weighted by Crippen LogP contribution is 2.31. The average Bonchev–Trinajstić information content (AvgIpc) is 2.98. The molecule has 0 spiro atoms. The molecule has 0 bridgehead atoms. The van der Waals surface area contributed by atoms with Crippen molar-refractivity contribution in [2.45, 2.75) is 0 Å². The van der Waals surface area contributed by atoms with Gasteiger partial charge in [0, 0.05) is 19.4 Å². The lowest BCUT2D eigenvalue weighted by Crippen LogP contribution is -2.17. The van der Waals surface area contributed by atoms with Crippen molar-refractivity contribution in [2.24, 2.45) is 5.73 Å². The molecule has 0 aliphatic carbocycles. The van der Waals surface area contributed by atoms with Crippen LogP contribution < -0.4 is 11.1 Å². The molecule has 3 N–H and O–H groups in total. The zero-order chi connectivity index (χ0) is 15.0. The minimum absolute atomic E-state index is 0.154. The van der Waals surface area contributed by atoms with Crippen LogP contribution in [0.15, 0.2) is 40.2 Å². The highest BCUT2D eigenvalue weighted by molar-refractivity contribution is 9.10. The van der Waals surface area contributed by atoms with E-state index < -0.39 is 0 Å². The molecule has 2 heterocycles. The van der Waals surface area contributed by atoms with Crippen LogP contribution in [-0.2, 0) is 0 Å². The van der Waals surface area contributed by atoms with Crippen molar-refractivity contribution in [1.82, 2.24) is 0 Å². The Bertz CT molecular complexity index is 824. The SMILES string of the molecule is NC(=S)c1ccc(Br)cc1NC(=O)c1cc2sccc2s1. The van der Waals surface area contributed by atoms with Crippen LogP contribution in [-0.4, -0.2) is 10.9 Å². The lowest BCUT2D eigenvalue weighted by atomic mass is 10.1. The van der Waals surface area contributed by atoms with Crippen LogP contribution >= 0.6 is 50.8 Å². The Morgan fingerprint density at radius 1 is 1.24 bits per heavy atom. The molecule has 7 heteroatoms. The first kappa shape index (κ1) is 14.6. The van der Waals surface area contributed by atoms with Crippen molar-refractivity contribution >= 4 is 76.8 Å². The predicted molar refractivity (Wildman–Crippen MR) is 97.7 cm³/mol. The summed E-state index contributed by atoms with van der Waals surface area (Å²) >= 11 is 11.5. The lowest BCUT2D eigenvalue weighted by Gasteiger charge is -2.10. The largest absolute Gasteiger partial charge is 0.389 e. The molecule has 0 aliphatic heterocycles.